The van der Waals surface area contributed by atoms with Gasteiger partial charge in [0.2, 0.25) is 0 Å². The number of carboxylic acid groups (broad SMARTS) is 1. The third-order valence-corrected chi connectivity index (χ3v) is 4.69. The molecule has 25 heavy (non-hydrogen) atoms. The molecule has 0 unspecified atom stereocenters. The summed E-state index contributed by atoms with van der Waals surface area (Å²) in [4.78, 5) is 26.7. The molecule has 1 atom stereocenters. The van der Waals surface area contributed by atoms with Gasteiger partial charge in [-0.15, -0.1) is 0 Å². The van der Waals surface area contributed by atoms with Crippen molar-refractivity contribution in [2.45, 2.75) is 45.4 Å². The van der Waals surface area contributed by atoms with Crippen molar-refractivity contribution in [1.29, 1.82) is 0 Å². The Balaban J connectivity index is 1.73. The highest BCUT2D eigenvalue weighted by Gasteiger charge is 2.37. The fraction of sp³-hybridized carbons (Fsp3) is 0.556. The van der Waals surface area contributed by atoms with Crippen LogP contribution in [0.25, 0.3) is 0 Å². The molecule has 0 radical (unpaired) electrons. The number of nitrogens with one attached hydrogen (secondary N) is 1. The summed E-state index contributed by atoms with van der Waals surface area (Å²) in [6.45, 7) is 7.76. The Labute approximate surface area is 147 Å². The Morgan fingerprint density at radius 1 is 1.40 bits per heavy atom. The quantitative estimate of drug-likeness (QED) is 0.878. The van der Waals surface area contributed by atoms with Gasteiger partial charge in [-0.25, -0.2) is 9.59 Å². The Bertz CT molecular complexity index is 683. The number of ether oxygens (including phenoxy) is 1. The average molecular weight is 347 g/mol. The van der Waals surface area contributed by atoms with E-state index in [1.54, 1.807) is 4.90 Å². The third-order valence-electron chi connectivity index (χ3n) is 4.69. The van der Waals surface area contributed by atoms with Crippen LogP contribution in [0.5, 0.6) is 0 Å². The molecule has 2 N–H and O–H groups in total. The lowest BCUT2D eigenvalue weighted by Crippen LogP contribution is -2.49. The third kappa shape index (κ3) is 3.71. The highest BCUT2D eigenvalue weighted by Crippen LogP contribution is 2.27. The Morgan fingerprint density at radius 2 is 2.16 bits per heavy atom. The molecule has 1 aromatic carbocycles. The van der Waals surface area contributed by atoms with Gasteiger partial charge in [0.1, 0.15) is 6.10 Å². The van der Waals surface area contributed by atoms with Crippen molar-refractivity contribution < 1.29 is 19.4 Å². The maximum absolute atomic E-state index is 12.3. The molecular formula is C18H25N3O4. The summed E-state index contributed by atoms with van der Waals surface area (Å²) < 4.78 is 5.41. The fourth-order valence-corrected chi connectivity index (χ4v) is 3.30. The van der Waals surface area contributed by atoms with E-state index < -0.39 is 23.8 Å². The minimum absolute atomic E-state index is 0.160. The van der Waals surface area contributed by atoms with Crippen LogP contribution >= 0.6 is 0 Å². The number of nitrogens with zero attached hydrogens (tertiary/aromatic N) is 2. The van der Waals surface area contributed by atoms with Crippen LogP contribution in [0, 0.1) is 0 Å². The molecule has 2 amide bonds. The lowest BCUT2D eigenvalue weighted by molar-refractivity contribution is 0.0605. The average Bonchev–Trinajstić information content (AvgIpc) is 2.91. The molecule has 7 heteroatoms. The van der Waals surface area contributed by atoms with Gasteiger partial charge in [-0.1, -0.05) is 6.07 Å². The van der Waals surface area contributed by atoms with Gasteiger partial charge < -0.3 is 15.2 Å². The van der Waals surface area contributed by atoms with Crippen molar-refractivity contribution in [3.63, 3.8) is 0 Å². The maximum atomic E-state index is 12.3. The topological polar surface area (TPSA) is 82.1 Å². The molecule has 0 saturated carbocycles. The standard InChI is InChI=1S/C18H25N3O4/c1-18(2,3)21(16(22)23)11-15-10-20(17(24)25-15)14-5-4-12-6-7-19-9-13(12)8-14/h4-5,8,15,19H,6-7,9-11H2,1-3H3,(H,22,23)/t15-/m1/s1. The zero-order valence-electron chi connectivity index (χ0n) is 14.9. The maximum Gasteiger partial charge on any atom is 0.414 e. The highest BCUT2D eigenvalue weighted by atomic mass is 16.6. The summed E-state index contributed by atoms with van der Waals surface area (Å²) in [5.41, 5.74) is 2.74. The normalized spacial score (nSPS) is 20.2. The minimum atomic E-state index is -1.01. The van der Waals surface area contributed by atoms with Crippen molar-refractivity contribution >= 4 is 17.9 Å². The minimum Gasteiger partial charge on any atom is -0.465 e. The van der Waals surface area contributed by atoms with Crippen LogP contribution in [-0.4, -0.2) is 53.5 Å². The van der Waals surface area contributed by atoms with Crippen LogP contribution in [0.15, 0.2) is 18.2 Å². The summed E-state index contributed by atoms with van der Waals surface area (Å²) in [6.07, 6.45) is -0.922. The van der Waals surface area contributed by atoms with Gasteiger partial charge >= 0.3 is 12.2 Å². The van der Waals surface area contributed by atoms with E-state index in [0.717, 1.165) is 25.2 Å². The van der Waals surface area contributed by atoms with E-state index in [0.29, 0.717) is 6.54 Å². The van der Waals surface area contributed by atoms with E-state index in [-0.39, 0.29) is 6.54 Å². The van der Waals surface area contributed by atoms with Gasteiger partial charge in [-0.2, -0.15) is 0 Å². The van der Waals surface area contributed by atoms with Gasteiger partial charge in [0.25, 0.3) is 0 Å². The van der Waals surface area contributed by atoms with Crippen molar-refractivity contribution in [3.05, 3.63) is 29.3 Å². The number of fused-ring (bicyclic) bond motifs is 1. The van der Waals surface area contributed by atoms with E-state index in [4.69, 9.17) is 4.74 Å². The second kappa shape index (κ2) is 6.55. The Hall–Kier alpha value is -2.28. The second-order valence-electron chi connectivity index (χ2n) is 7.56. The summed E-state index contributed by atoms with van der Waals surface area (Å²) in [5, 5.41) is 12.7. The first-order chi connectivity index (χ1) is 11.8. The predicted octanol–water partition coefficient (Wildman–Crippen LogP) is 2.44. The van der Waals surface area contributed by atoms with Crippen LogP contribution in [0.3, 0.4) is 0 Å². The van der Waals surface area contributed by atoms with Crippen molar-refractivity contribution in [2.24, 2.45) is 0 Å². The Kier molecular flexibility index (Phi) is 4.60. The van der Waals surface area contributed by atoms with Gasteiger partial charge in [0.15, 0.2) is 0 Å². The number of cyclic esters (lactones) is 1. The van der Waals surface area contributed by atoms with Crippen LogP contribution < -0.4 is 10.2 Å². The largest absolute Gasteiger partial charge is 0.465 e. The molecule has 2 heterocycles. The van der Waals surface area contributed by atoms with Gasteiger partial charge in [-0.05, 0) is 57.0 Å². The van der Waals surface area contributed by atoms with Crippen LogP contribution in [0.2, 0.25) is 0 Å². The number of amides is 2. The Morgan fingerprint density at radius 3 is 2.84 bits per heavy atom. The van der Waals surface area contributed by atoms with Crippen molar-refractivity contribution in [3.8, 4) is 0 Å². The first-order valence-electron chi connectivity index (χ1n) is 8.57. The van der Waals surface area contributed by atoms with E-state index >= 15 is 0 Å². The predicted molar refractivity (Wildman–Crippen MR) is 94.0 cm³/mol. The molecular weight excluding hydrogens is 322 g/mol. The lowest BCUT2D eigenvalue weighted by Gasteiger charge is -2.34. The lowest BCUT2D eigenvalue weighted by atomic mass is 10.0. The molecule has 0 bridgehead atoms. The second-order valence-corrected chi connectivity index (χ2v) is 7.56. The van der Waals surface area contributed by atoms with Crippen LogP contribution in [0.4, 0.5) is 15.3 Å². The molecule has 1 aromatic rings. The van der Waals surface area contributed by atoms with Gasteiger partial charge in [0.05, 0.1) is 13.1 Å². The first-order valence-corrected chi connectivity index (χ1v) is 8.57. The first kappa shape index (κ1) is 17.5. The smallest absolute Gasteiger partial charge is 0.414 e. The molecule has 0 aliphatic carbocycles. The van der Waals surface area contributed by atoms with E-state index in [1.165, 1.54) is 16.0 Å². The molecule has 2 aliphatic rings. The number of benzene rings is 1. The van der Waals surface area contributed by atoms with Crippen LogP contribution in [0.1, 0.15) is 31.9 Å². The number of anilines is 1. The highest BCUT2D eigenvalue weighted by molar-refractivity contribution is 5.90. The number of rotatable bonds is 3. The van der Waals surface area contributed by atoms with E-state index in [1.807, 2.05) is 32.9 Å². The van der Waals surface area contributed by atoms with E-state index in [9.17, 15) is 14.7 Å². The zero-order chi connectivity index (χ0) is 18.2. The fourth-order valence-electron chi connectivity index (χ4n) is 3.30. The SMILES string of the molecule is CC(C)(C)N(C[C@H]1CN(c2ccc3c(c2)CNCC3)C(=O)O1)C(=O)O. The molecule has 0 spiro atoms. The van der Waals surface area contributed by atoms with Crippen LogP contribution in [-0.2, 0) is 17.7 Å². The molecule has 1 saturated heterocycles. The zero-order valence-corrected chi connectivity index (χ0v) is 14.9. The summed E-state index contributed by atoms with van der Waals surface area (Å²) in [7, 11) is 0. The summed E-state index contributed by atoms with van der Waals surface area (Å²) in [6, 6.07) is 6.02. The molecule has 0 aromatic heterocycles. The number of hydrogen-bond donors (Lipinski definition) is 2. The molecule has 3 rings (SSSR count). The monoisotopic (exact) mass is 347 g/mol. The molecule has 2 aliphatic heterocycles. The van der Waals surface area contributed by atoms with E-state index in [2.05, 4.69) is 11.4 Å². The summed E-state index contributed by atoms with van der Waals surface area (Å²) >= 11 is 0. The van der Waals surface area contributed by atoms with Crippen molar-refractivity contribution in [2.75, 3.05) is 24.5 Å². The molecule has 136 valence electrons. The van der Waals surface area contributed by atoms with Crippen molar-refractivity contribution in [1.82, 2.24) is 10.2 Å². The van der Waals surface area contributed by atoms with Gasteiger partial charge in [-0.3, -0.25) is 9.80 Å². The number of hydrogen-bond acceptors (Lipinski definition) is 4. The number of carbonyl (C=O) groups is 2. The molecule has 7 nitrogen and oxygen atoms in total. The molecule has 1 fully saturated rings. The van der Waals surface area contributed by atoms with Gasteiger partial charge in [0, 0.05) is 17.8 Å². The number of carbonyl (C=O) groups excluding carboxylic acids is 1. The summed E-state index contributed by atoms with van der Waals surface area (Å²) in [5.74, 6) is 0.